The van der Waals surface area contributed by atoms with Gasteiger partial charge in [-0.15, -0.1) is 0 Å². The lowest BCUT2D eigenvalue weighted by molar-refractivity contribution is -0.385. The van der Waals surface area contributed by atoms with Gasteiger partial charge in [0.15, 0.2) is 5.69 Å². The number of para-hydroxylation sites is 2. The molecule has 1 amide bonds. The van der Waals surface area contributed by atoms with E-state index >= 15 is 0 Å². The third-order valence-corrected chi connectivity index (χ3v) is 4.54. The molecule has 0 radical (unpaired) electrons. The standard InChI is InChI=1S/C22H24N4O5/c1-14(2)13-23-21(27)20-15(3)22(31-19-8-6-5-7-18(19)26(28)29)25(24-20)16-9-11-17(30-4)12-10-16/h5-12,14H,13H2,1-4H3,(H,23,27). The van der Waals surface area contributed by atoms with E-state index in [2.05, 4.69) is 10.4 Å². The van der Waals surface area contributed by atoms with E-state index in [1.54, 1.807) is 50.4 Å². The van der Waals surface area contributed by atoms with Gasteiger partial charge in [0.05, 0.1) is 17.7 Å². The topological polar surface area (TPSA) is 109 Å². The molecule has 1 aromatic heterocycles. The van der Waals surface area contributed by atoms with Crippen LogP contribution in [0.4, 0.5) is 5.69 Å². The Hall–Kier alpha value is -3.88. The molecule has 0 saturated carbocycles. The zero-order valence-corrected chi connectivity index (χ0v) is 17.8. The van der Waals surface area contributed by atoms with Crippen LogP contribution in [0.5, 0.6) is 17.4 Å². The normalized spacial score (nSPS) is 10.7. The third kappa shape index (κ3) is 4.82. The zero-order chi connectivity index (χ0) is 22.5. The highest BCUT2D eigenvalue weighted by atomic mass is 16.6. The SMILES string of the molecule is COc1ccc(-n2nc(C(=O)NCC(C)C)c(C)c2Oc2ccccc2[N+](=O)[O-])cc1. The van der Waals surface area contributed by atoms with Crippen molar-refractivity contribution < 1.29 is 19.2 Å². The van der Waals surface area contributed by atoms with Crippen molar-refractivity contribution in [1.82, 2.24) is 15.1 Å². The summed E-state index contributed by atoms with van der Waals surface area (Å²) in [6.45, 7) is 6.17. The van der Waals surface area contributed by atoms with E-state index in [-0.39, 0.29) is 34.8 Å². The van der Waals surface area contributed by atoms with Crippen LogP contribution < -0.4 is 14.8 Å². The molecule has 0 aliphatic rings. The first kappa shape index (κ1) is 21.8. The molecule has 1 N–H and O–H groups in total. The fourth-order valence-electron chi connectivity index (χ4n) is 2.89. The lowest BCUT2D eigenvalue weighted by atomic mass is 10.2. The summed E-state index contributed by atoms with van der Waals surface area (Å²) in [5, 5.41) is 18.7. The molecular formula is C22H24N4O5. The molecule has 0 saturated heterocycles. The average Bonchev–Trinajstić information content (AvgIpc) is 3.08. The molecule has 0 spiro atoms. The predicted octanol–water partition coefficient (Wildman–Crippen LogP) is 4.28. The van der Waals surface area contributed by atoms with Crippen LogP contribution in [0, 0.1) is 23.0 Å². The number of carbonyl (C=O) groups excluding carboxylic acids is 1. The molecule has 9 heteroatoms. The van der Waals surface area contributed by atoms with Gasteiger partial charge < -0.3 is 14.8 Å². The van der Waals surface area contributed by atoms with E-state index in [0.717, 1.165) is 0 Å². The Morgan fingerprint density at radius 2 is 1.87 bits per heavy atom. The number of hydrogen-bond acceptors (Lipinski definition) is 6. The second-order valence-electron chi connectivity index (χ2n) is 7.32. The van der Waals surface area contributed by atoms with Gasteiger partial charge in [0, 0.05) is 18.2 Å². The van der Waals surface area contributed by atoms with Crippen LogP contribution in [0.25, 0.3) is 5.69 Å². The Bertz CT molecular complexity index is 1090. The van der Waals surface area contributed by atoms with Crippen LogP contribution in [-0.2, 0) is 0 Å². The van der Waals surface area contributed by atoms with Crippen LogP contribution in [0.2, 0.25) is 0 Å². The molecular weight excluding hydrogens is 400 g/mol. The van der Waals surface area contributed by atoms with Crippen LogP contribution in [0.3, 0.4) is 0 Å². The molecule has 0 bridgehead atoms. The van der Waals surface area contributed by atoms with Crippen molar-refractivity contribution >= 4 is 11.6 Å². The molecule has 9 nitrogen and oxygen atoms in total. The van der Waals surface area contributed by atoms with Crippen molar-refractivity contribution in [1.29, 1.82) is 0 Å². The first-order valence-electron chi connectivity index (χ1n) is 9.75. The molecule has 0 aliphatic heterocycles. The minimum absolute atomic E-state index is 0.0550. The highest BCUT2D eigenvalue weighted by Crippen LogP contribution is 2.35. The number of benzene rings is 2. The number of nitrogens with zero attached hydrogens (tertiary/aromatic N) is 3. The molecule has 31 heavy (non-hydrogen) atoms. The van der Waals surface area contributed by atoms with E-state index < -0.39 is 4.92 Å². The van der Waals surface area contributed by atoms with E-state index in [1.807, 2.05) is 13.8 Å². The smallest absolute Gasteiger partial charge is 0.311 e. The van der Waals surface area contributed by atoms with Crippen LogP contribution >= 0.6 is 0 Å². The molecule has 3 rings (SSSR count). The Balaban J connectivity index is 2.09. The number of carbonyl (C=O) groups is 1. The van der Waals surface area contributed by atoms with E-state index in [0.29, 0.717) is 23.5 Å². The monoisotopic (exact) mass is 424 g/mol. The number of ether oxygens (including phenoxy) is 2. The number of aromatic nitrogens is 2. The fourth-order valence-corrected chi connectivity index (χ4v) is 2.89. The lowest BCUT2D eigenvalue weighted by Crippen LogP contribution is -2.28. The van der Waals surface area contributed by atoms with Crippen molar-refractivity contribution in [2.75, 3.05) is 13.7 Å². The summed E-state index contributed by atoms with van der Waals surface area (Å²) in [6, 6.07) is 13.1. The summed E-state index contributed by atoms with van der Waals surface area (Å²) in [5.74, 6) is 0.860. The van der Waals surface area contributed by atoms with Gasteiger partial charge in [-0.1, -0.05) is 26.0 Å². The van der Waals surface area contributed by atoms with Crippen molar-refractivity contribution in [2.45, 2.75) is 20.8 Å². The van der Waals surface area contributed by atoms with Gasteiger partial charge in [0.1, 0.15) is 5.75 Å². The molecule has 0 unspecified atom stereocenters. The van der Waals surface area contributed by atoms with Crippen molar-refractivity contribution in [3.63, 3.8) is 0 Å². The maximum Gasteiger partial charge on any atom is 0.311 e. The quantitative estimate of drug-likeness (QED) is 0.427. The molecule has 0 aliphatic carbocycles. The van der Waals surface area contributed by atoms with Gasteiger partial charge in [-0.2, -0.15) is 9.78 Å². The average molecular weight is 424 g/mol. The molecule has 162 valence electrons. The van der Waals surface area contributed by atoms with Gasteiger partial charge in [-0.05, 0) is 43.2 Å². The number of nitro groups is 1. The number of nitro benzene ring substituents is 1. The number of amides is 1. The maximum atomic E-state index is 12.7. The predicted molar refractivity (Wildman–Crippen MR) is 115 cm³/mol. The Morgan fingerprint density at radius 1 is 1.19 bits per heavy atom. The second-order valence-corrected chi connectivity index (χ2v) is 7.32. The number of rotatable bonds is 8. The highest BCUT2D eigenvalue weighted by molar-refractivity contribution is 5.94. The molecule has 0 atom stereocenters. The van der Waals surface area contributed by atoms with Gasteiger partial charge in [0.25, 0.3) is 5.91 Å². The van der Waals surface area contributed by atoms with Crippen LogP contribution in [0.15, 0.2) is 48.5 Å². The fraction of sp³-hybridized carbons (Fsp3) is 0.273. The highest BCUT2D eigenvalue weighted by Gasteiger charge is 2.25. The minimum Gasteiger partial charge on any atom is -0.497 e. The van der Waals surface area contributed by atoms with E-state index in [4.69, 9.17) is 9.47 Å². The molecule has 3 aromatic rings. The van der Waals surface area contributed by atoms with Crippen LogP contribution in [-0.4, -0.2) is 34.3 Å². The summed E-state index contributed by atoms with van der Waals surface area (Å²) >= 11 is 0. The summed E-state index contributed by atoms with van der Waals surface area (Å²) in [7, 11) is 1.56. The Labute approximate surface area is 179 Å². The van der Waals surface area contributed by atoms with E-state index in [1.165, 1.54) is 16.8 Å². The zero-order valence-electron chi connectivity index (χ0n) is 17.8. The summed E-state index contributed by atoms with van der Waals surface area (Å²) < 4.78 is 12.6. The van der Waals surface area contributed by atoms with Crippen molar-refractivity contribution in [3.8, 4) is 23.1 Å². The summed E-state index contributed by atoms with van der Waals surface area (Å²) in [4.78, 5) is 23.6. The van der Waals surface area contributed by atoms with Crippen molar-refractivity contribution in [3.05, 3.63) is 69.9 Å². The molecule has 0 fully saturated rings. The summed E-state index contributed by atoms with van der Waals surface area (Å²) in [6.07, 6.45) is 0. The van der Waals surface area contributed by atoms with Gasteiger partial charge in [-0.25, -0.2) is 0 Å². The van der Waals surface area contributed by atoms with Crippen LogP contribution in [0.1, 0.15) is 29.9 Å². The van der Waals surface area contributed by atoms with E-state index in [9.17, 15) is 14.9 Å². The van der Waals surface area contributed by atoms with Gasteiger partial charge in [-0.3, -0.25) is 14.9 Å². The first-order valence-corrected chi connectivity index (χ1v) is 9.75. The van der Waals surface area contributed by atoms with Gasteiger partial charge in [0.2, 0.25) is 11.6 Å². The summed E-state index contributed by atoms with van der Waals surface area (Å²) in [5.41, 5.74) is 1.08. The largest absolute Gasteiger partial charge is 0.497 e. The van der Waals surface area contributed by atoms with Crippen molar-refractivity contribution in [2.24, 2.45) is 5.92 Å². The maximum absolute atomic E-state index is 12.7. The Kier molecular flexibility index (Phi) is 6.54. The molecule has 1 heterocycles. The molecule has 2 aromatic carbocycles. The number of nitrogens with one attached hydrogen (secondary N) is 1. The third-order valence-electron chi connectivity index (χ3n) is 4.54. The minimum atomic E-state index is -0.519. The number of hydrogen-bond donors (Lipinski definition) is 1. The second kappa shape index (κ2) is 9.29. The Morgan fingerprint density at radius 3 is 2.48 bits per heavy atom. The lowest BCUT2D eigenvalue weighted by Gasteiger charge is -2.10. The first-order chi connectivity index (χ1) is 14.8. The van der Waals surface area contributed by atoms with Gasteiger partial charge >= 0.3 is 5.69 Å². The number of methoxy groups -OCH3 is 1.